The fourth-order valence-corrected chi connectivity index (χ4v) is 1.94. The van der Waals surface area contributed by atoms with E-state index >= 15 is 0 Å². The molecule has 0 amide bonds. The Morgan fingerprint density at radius 1 is 1.35 bits per heavy atom. The summed E-state index contributed by atoms with van der Waals surface area (Å²) in [5.74, 6) is -1.67. The van der Waals surface area contributed by atoms with E-state index in [1.165, 1.54) is 30.3 Å². The number of nitrogens with zero attached hydrogens (tertiary/aromatic N) is 2. The highest BCUT2D eigenvalue weighted by atomic mass is 19.1. The number of aromatic carboxylic acids is 1. The molecule has 0 spiro atoms. The second-order valence-corrected chi connectivity index (χ2v) is 4.48. The first-order valence-corrected chi connectivity index (χ1v) is 5.99. The van der Waals surface area contributed by atoms with Crippen molar-refractivity contribution in [2.75, 3.05) is 0 Å². The van der Waals surface area contributed by atoms with E-state index in [4.69, 9.17) is 5.11 Å². The van der Waals surface area contributed by atoms with E-state index in [1.807, 2.05) is 0 Å². The summed E-state index contributed by atoms with van der Waals surface area (Å²) in [5.41, 5.74) is 0.0882. The lowest BCUT2D eigenvalue weighted by atomic mass is 10.1. The van der Waals surface area contributed by atoms with Crippen LogP contribution in [-0.2, 0) is 0 Å². The summed E-state index contributed by atoms with van der Waals surface area (Å²) < 4.78 is 14.0. The summed E-state index contributed by atoms with van der Waals surface area (Å²) in [6.45, 7) is 3.31. The van der Waals surface area contributed by atoms with Crippen LogP contribution in [0.1, 0.15) is 34.6 Å². The maximum Gasteiger partial charge on any atom is 0.341 e. The molecule has 0 saturated carbocycles. The Morgan fingerprint density at radius 3 is 2.50 bits per heavy atom. The highest BCUT2D eigenvalue weighted by Crippen LogP contribution is 2.16. The van der Waals surface area contributed by atoms with Crippen molar-refractivity contribution in [3.8, 4) is 0 Å². The first kappa shape index (κ1) is 13.9. The van der Waals surface area contributed by atoms with E-state index in [2.05, 4.69) is 5.10 Å². The molecule has 1 aromatic carbocycles. The Balaban J connectivity index is 2.55. The van der Waals surface area contributed by atoms with Gasteiger partial charge in [0.1, 0.15) is 11.4 Å². The lowest BCUT2D eigenvalue weighted by Crippen LogP contribution is -2.31. The predicted molar refractivity (Wildman–Crippen MR) is 70.4 cm³/mol. The van der Waals surface area contributed by atoms with E-state index in [-0.39, 0.29) is 11.4 Å². The summed E-state index contributed by atoms with van der Waals surface area (Å²) in [7, 11) is 0. The van der Waals surface area contributed by atoms with Gasteiger partial charge in [-0.1, -0.05) is 12.1 Å². The molecule has 0 fully saturated rings. The number of hydrogen-bond donors (Lipinski definition) is 1. The fraction of sp³-hybridized carbons (Fsp3) is 0.214. The van der Waals surface area contributed by atoms with Gasteiger partial charge in [-0.05, 0) is 37.6 Å². The number of carboxylic acid groups (broad SMARTS) is 1. The molecule has 0 unspecified atom stereocenters. The van der Waals surface area contributed by atoms with E-state index < -0.39 is 17.6 Å². The van der Waals surface area contributed by atoms with Gasteiger partial charge in [0.25, 0.3) is 5.56 Å². The summed E-state index contributed by atoms with van der Waals surface area (Å²) in [6, 6.07) is 6.39. The second-order valence-electron chi connectivity index (χ2n) is 4.48. The fourth-order valence-electron chi connectivity index (χ4n) is 1.94. The molecule has 1 N–H and O–H groups in total. The average molecular weight is 276 g/mol. The molecule has 20 heavy (non-hydrogen) atoms. The maximum atomic E-state index is 12.9. The Kier molecular flexibility index (Phi) is 3.65. The van der Waals surface area contributed by atoms with Gasteiger partial charge >= 0.3 is 5.97 Å². The van der Waals surface area contributed by atoms with Gasteiger partial charge in [-0.2, -0.15) is 5.10 Å². The topological polar surface area (TPSA) is 72.2 Å². The minimum Gasteiger partial charge on any atom is -0.477 e. The average Bonchev–Trinajstić information content (AvgIpc) is 2.41. The largest absolute Gasteiger partial charge is 0.477 e. The number of halogens is 1. The number of carboxylic acids is 1. The third-order valence-corrected chi connectivity index (χ3v) is 3.01. The normalized spacial score (nSPS) is 12.2. The van der Waals surface area contributed by atoms with E-state index in [1.54, 1.807) is 13.8 Å². The number of aryl methyl sites for hydroxylation is 1. The van der Waals surface area contributed by atoms with Crippen molar-refractivity contribution in [3.63, 3.8) is 0 Å². The van der Waals surface area contributed by atoms with Crippen LogP contribution in [0.25, 0.3) is 0 Å². The molecule has 1 heterocycles. The quantitative estimate of drug-likeness (QED) is 0.930. The highest BCUT2D eigenvalue weighted by molar-refractivity contribution is 5.87. The van der Waals surface area contributed by atoms with Crippen molar-refractivity contribution < 1.29 is 14.3 Å². The van der Waals surface area contributed by atoms with Gasteiger partial charge in [0, 0.05) is 0 Å². The second kappa shape index (κ2) is 5.24. The van der Waals surface area contributed by atoms with Crippen molar-refractivity contribution >= 4 is 5.97 Å². The van der Waals surface area contributed by atoms with Gasteiger partial charge in [-0.3, -0.25) is 4.79 Å². The van der Waals surface area contributed by atoms with Crippen molar-refractivity contribution in [3.05, 3.63) is 63.3 Å². The highest BCUT2D eigenvalue weighted by Gasteiger charge is 2.17. The van der Waals surface area contributed by atoms with E-state index in [0.717, 1.165) is 4.68 Å². The van der Waals surface area contributed by atoms with Crippen LogP contribution >= 0.6 is 0 Å². The zero-order valence-electron chi connectivity index (χ0n) is 11.0. The third-order valence-electron chi connectivity index (χ3n) is 3.01. The molecule has 0 saturated heterocycles. The lowest BCUT2D eigenvalue weighted by Gasteiger charge is -2.15. The molecule has 2 rings (SSSR count). The minimum absolute atomic E-state index is 0.327. The molecule has 0 bridgehead atoms. The number of aromatic nitrogens is 2. The Morgan fingerprint density at radius 2 is 1.95 bits per heavy atom. The standard InChI is InChI=1S/C14H13FN2O3/c1-8-7-12(14(19)20)13(18)17(16-8)9(2)10-3-5-11(15)6-4-10/h3-7,9H,1-2H3,(H,19,20)/t9-/m1/s1. The van der Waals surface area contributed by atoms with Crippen LogP contribution in [0.4, 0.5) is 4.39 Å². The Bertz CT molecular complexity index is 707. The molecular weight excluding hydrogens is 263 g/mol. The lowest BCUT2D eigenvalue weighted by molar-refractivity contribution is 0.0693. The maximum absolute atomic E-state index is 12.9. The van der Waals surface area contributed by atoms with Gasteiger partial charge in [0.05, 0.1) is 11.7 Å². The number of carbonyl (C=O) groups is 1. The SMILES string of the molecule is Cc1cc(C(=O)O)c(=O)n([C@H](C)c2ccc(F)cc2)n1. The first-order valence-electron chi connectivity index (χ1n) is 5.99. The molecule has 0 aliphatic heterocycles. The van der Waals surface area contributed by atoms with Crippen LogP contribution in [0.15, 0.2) is 35.1 Å². The number of rotatable bonds is 3. The summed E-state index contributed by atoms with van der Waals surface area (Å²) >= 11 is 0. The minimum atomic E-state index is -1.29. The van der Waals surface area contributed by atoms with Gasteiger partial charge < -0.3 is 5.11 Å². The molecule has 2 aromatic rings. The van der Waals surface area contributed by atoms with Gasteiger partial charge in [-0.15, -0.1) is 0 Å². The van der Waals surface area contributed by atoms with Crippen LogP contribution in [0.2, 0.25) is 0 Å². The predicted octanol–water partition coefficient (Wildman–Crippen LogP) is 2.00. The smallest absolute Gasteiger partial charge is 0.341 e. The zero-order chi connectivity index (χ0) is 14.9. The molecule has 104 valence electrons. The van der Waals surface area contributed by atoms with Crippen molar-refractivity contribution in [1.29, 1.82) is 0 Å². The molecule has 6 heteroatoms. The molecule has 0 radical (unpaired) electrons. The number of benzene rings is 1. The molecule has 0 aliphatic rings. The van der Waals surface area contributed by atoms with Crippen LogP contribution in [0.5, 0.6) is 0 Å². The summed E-state index contributed by atoms with van der Waals surface area (Å²) in [6.07, 6.45) is 0. The molecule has 1 atom stereocenters. The van der Waals surface area contributed by atoms with Gasteiger partial charge in [0.15, 0.2) is 0 Å². The monoisotopic (exact) mass is 276 g/mol. The molecule has 1 aromatic heterocycles. The molecule has 5 nitrogen and oxygen atoms in total. The van der Waals surface area contributed by atoms with Crippen LogP contribution in [-0.4, -0.2) is 20.9 Å². The summed E-state index contributed by atoms with van der Waals surface area (Å²) in [4.78, 5) is 23.1. The Labute approximate surface area is 114 Å². The molecular formula is C14H13FN2O3. The van der Waals surface area contributed by atoms with Crippen molar-refractivity contribution in [1.82, 2.24) is 9.78 Å². The van der Waals surface area contributed by atoms with Gasteiger partial charge in [0.2, 0.25) is 0 Å². The van der Waals surface area contributed by atoms with E-state index in [0.29, 0.717) is 11.3 Å². The number of hydrogen-bond acceptors (Lipinski definition) is 3. The van der Waals surface area contributed by atoms with E-state index in [9.17, 15) is 14.0 Å². The Hall–Kier alpha value is -2.50. The molecule has 0 aliphatic carbocycles. The van der Waals surface area contributed by atoms with Crippen LogP contribution in [0.3, 0.4) is 0 Å². The van der Waals surface area contributed by atoms with Gasteiger partial charge in [-0.25, -0.2) is 13.9 Å². The first-order chi connectivity index (χ1) is 9.40. The third kappa shape index (κ3) is 2.59. The van der Waals surface area contributed by atoms with Crippen molar-refractivity contribution in [2.24, 2.45) is 0 Å². The zero-order valence-corrected chi connectivity index (χ0v) is 11.0. The van der Waals surface area contributed by atoms with Crippen LogP contribution < -0.4 is 5.56 Å². The van der Waals surface area contributed by atoms with Crippen LogP contribution in [0, 0.1) is 12.7 Å². The van der Waals surface area contributed by atoms with Crippen molar-refractivity contribution in [2.45, 2.75) is 19.9 Å². The summed E-state index contributed by atoms with van der Waals surface area (Å²) in [5, 5.41) is 13.1.